The number of methoxy groups -OCH3 is 1. The van der Waals surface area contributed by atoms with Crippen molar-refractivity contribution in [3.8, 4) is 5.88 Å². The van der Waals surface area contributed by atoms with Gasteiger partial charge in [0.05, 0.1) is 7.11 Å². The van der Waals surface area contributed by atoms with Crippen LogP contribution in [0.3, 0.4) is 0 Å². The standard InChI is InChI=1S/C21H27N3O2/c1-16-7-8-18(14-17(16)2)21(25)24-11-5-10-23(12-13-24)15-19-6-4-9-22-20(19)26-3/h4,6-9,14H,5,10-13,15H2,1-3H3. The maximum Gasteiger partial charge on any atom is 0.253 e. The summed E-state index contributed by atoms with van der Waals surface area (Å²) in [5.74, 6) is 0.814. The summed E-state index contributed by atoms with van der Waals surface area (Å²) >= 11 is 0. The lowest BCUT2D eigenvalue weighted by Crippen LogP contribution is -2.35. The molecule has 5 nitrogen and oxygen atoms in total. The summed E-state index contributed by atoms with van der Waals surface area (Å²) in [5.41, 5.74) is 4.25. The fourth-order valence-corrected chi connectivity index (χ4v) is 3.36. The van der Waals surface area contributed by atoms with E-state index in [1.54, 1.807) is 13.3 Å². The van der Waals surface area contributed by atoms with E-state index in [2.05, 4.69) is 29.8 Å². The van der Waals surface area contributed by atoms with Crippen molar-refractivity contribution in [2.24, 2.45) is 0 Å². The van der Waals surface area contributed by atoms with Crippen LogP contribution >= 0.6 is 0 Å². The SMILES string of the molecule is COc1ncccc1CN1CCCN(C(=O)c2ccc(C)c(C)c2)CC1. The highest BCUT2D eigenvalue weighted by molar-refractivity contribution is 5.94. The Morgan fingerprint density at radius 3 is 2.73 bits per heavy atom. The van der Waals surface area contributed by atoms with Gasteiger partial charge >= 0.3 is 0 Å². The van der Waals surface area contributed by atoms with Crippen molar-refractivity contribution in [2.75, 3.05) is 33.3 Å². The van der Waals surface area contributed by atoms with Gasteiger partial charge in [-0.25, -0.2) is 4.98 Å². The molecule has 26 heavy (non-hydrogen) atoms. The zero-order chi connectivity index (χ0) is 18.5. The largest absolute Gasteiger partial charge is 0.481 e. The average Bonchev–Trinajstić information content (AvgIpc) is 2.89. The number of hydrogen-bond donors (Lipinski definition) is 0. The minimum absolute atomic E-state index is 0.133. The quantitative estimate of drug-likeness (QED) is 0.847. The van der Waals surface area contributed by atoms with Crippen LogP contribution in [-0.4, -0.2) is 54.0 Å². The molecule has 1 aliphatic heterocycles. The van der Waals surface area contributed by atoms with Crippen LogP contribution in [0.15, 0.2) is 36.5 Å². The average molecular weight is 353 g/mol. The van der Waals surface area contributed by atoms with Gasteiger partial charge in [-0.2, -0.15) is 0 Å². The summed E-state index contributed by atoms with van der Waals surface area (Å²) in [4.78, 5) is 21.5. The van der Waals surface area contributed by atoms with E-state index in [1.165, 1.54) is 5.56 Å². The fraction of sp³-hybridized carbons (Fsp3) is 0.429. The number of pyridine rings is 1. The highest BCUT2D eigenvalue weighted by atomic mass is 16.5. The van der Waals surface area contributed by atoms with Crippen molar-refractivity contribution in [1.29, 1.82) is 0 Å². The number of aromatic nitrogens is 1. The maximum atomic E-state index is 12.9. The maximum absolute atomic E-state index is 12.9. The molecular weight excluding hydrogens is 326 g/mol. The van der Waals surface area contributed by atoms with E-state index >= 15 is 0 Å². The Bertz CT molecular complexity index is 776. The molecule has 0 unspecified atom stereocenters. The molecule has 0 N–H and O–H groups in total. The third kappa shape index (κ3) is 4.22. The lowest BCUT2D eigenvalue weighted by atomic mass is 10.1. The molecule has 0 spiro atoms. The number of nitrogens with zero attached hydrogens (tertiary/aromatic N) is 3. The van der Waals surface area contributed by atoms with Crippen molar-refractivity contribution < 1.29 is 9.53 Å². The van der Waals surface area contributed by atoms with E-state index in [0.29, 0.717) is 5.88 Å². The van der Waals surface area contributed by atoms with Crippen molar-refractivity contribution >= 4 is 5.91 Å². The van der Waals surface area contributed by atoms with Gasteiger partial charge in [-0.3, -0.25) is 9.69 Å². The molecule has 1 aromatic carbocycles. The second kappa shape index (κ2) is 8.32. The molecule has 1 fully saturated rings. The highest BCUT2D eigenvalue weighted by Gasteiger charge is 2.21. The Morgan fingerprint density at radius 1 is 1.12 bits per heavy atom. The molecule has 0 atom stereocenters. The van der Waals surface area contributed by atoms with Crippen LogP contribution in [0.4, 0.5) is 0 Å². The Morgan fingerprint density at radius 2 is 1.96 bits per heavy atom. The molecule has 0 aliphatic carbocycles. The van der Waals surface area contributed by atoms with Crippen molar-refractivity contribution in [3.05, 3.63) is 58.8 Å². The van der Waals surface area contributed by atoms with E-state index < -0.39 is 0 Å². The predicted molar refractivity (Wildman–Crippen MR) is 103 cm³/mol. The van der Waals surface area contributed by atoms with Gasteiger partial charge in [0.1, 0.15) is 0 Å². The van der Waals surface area contributed by atoms with Gasteiger partial charge < -0.3 is 9.64 Å². The van der Waals surface area contributed by atoms with Gasteiger partial charge in [0.25, 0.3) is 5.91 Å². The van der Waals surface area contributed by atoms with E-state index in [0.717, 1.165) is 55.8 Å². The molecule has 0 radical (unpaired) electrons. The topological polar surface area (TPSA) is 45.7 Å². The molecule has 3 rings (SSSR count). The Balaban J connectivity index is 1.64. The second-order valence-corrected chi connectivity index (χ2v) is 6.89. The smallest absolute Gasteiger partial charge is 0.253 e. The molecule has 1 aliphatic rings. The lowest BCUT2D eigenvalue weighted by molar-refractivity contribution is 0.0761. The van der Waals surface area contributed by atoms with Gasteiger partial charge in [0, 0.05) is 50.0 Å². The summed E-state index contributed by atoms with van der Waals surface area (Å²) in [5, 5.41) is 0. The van der Waals surface area contributed by atoms with Crippen LogP contribution in [0, 0.1) is 13.8 Å². The number of aryl methyl sites for hydroxylation is 2. The first kappa shape index (κ1) is 18.4. The summed E-state index contributed by atoms with van der Waals surface area (Å²) in [6.45, 7) is 8.28. The molecular formula is C21H27N3O2. The molecule has 2 aromatic rings. The third-order valence-electron chi connectivity index (χ3n) is 5.07. The molecule has 0 saturated carbocycles. The zero-order valence-corrected chi connectivity index (χ0v) is 15.9. The molecule has 138 valence electrons. The summed E-state index contributed by atoms with van der Waals surface area (Å²) in [7, 11) is 1.65. The zero-order valence-electron chi connectivity index (χ0n) is 15.9. The van der Waals surface area contributed by atoms with Crippen molar-refractivity contribution in [2.45, 2.75) is 26.8 Å². The van der Waals surface area contributed by atoms with Crippen LogP contribution in [0.1, 0.15) is 33.5 Å². The van der Waals surface area contributed by atoms with Gasteiger partial charge in [-0.1, -0.05) is 12.1 Å². The first-order chi connectivity index (χ1) is 12.6. The van der Waals surface area contributed by atoms with Crippen molar-refractivity contribution in [3.63, 3.8) is 0 Å². The van der Waals surface area contributed by atoms with Crippen LogP contribution < -0.4 is 4.74 Å². The molecule has 1 amide bonds. The van der Waals surface area contributed by atoms with Crippen LogP contribution in [0.5, 0.6) is 5.88 Å². The lowest BCUT2D eigenvalue weighted by Gasteiger charge is -2.22. The van der Waals surface area contributed by atoms with Gasteiger partial charge in [-0.15, -0.1) is 0 Å². The van der Waals surface area contributed by atoms with Crippen LogP contribution in [0.25, 0.3) is 0 Å². The molecule has 0 bridgehead atoms. The van der Waals surface area contributed by atoms with E-state index in [-0.39, 0.29) is 5.91 Å². The number of rotatable bonds is 4. The third-order valence-corrected chi connectivity index (χ3v) is 5.07. The normalized spacial score (nSPS) is 15.6. The minimum Gasteiger partial charge on any atom is -0.481 e. The summed E-state index contributed by atoms with van der Waals surface area (Å²) in [6.07, 6.45) is 2.72. The Hall–Kier alpha value is -2.40. The van der Waals surface area contributed by atoms with Gasteiger partial charge in [0.2, 0.25) is 5.88 Å². The number of carbonyl (C=O) groups is 1. The number of hydrogen-bond acceptors (Lipinski definition) is 4. The predicted octanol–water partition coefficient (Wildman–Crippen LogP) is 3.06. The summed E-state index contributed by atoms with van der Waals surface area (Å²) < 4.78 is 5.35. The number of benzene rings is 1. The van der Waals surface area contributed by atoms with Crippen molar-refractivity contribution in [1.82, 2.24) is 14.8 Å². The summed E-state index contributed by atoms with van der Waals surface area (Å²) in [6, 6.07) is 9.95. The fourth-order valence-electron chi connectivity index (χ4n) is 3.36. The molecule has 1 saturated heterocycles. The number of ether oxygens (including phenoxy) is 1. The highest BCUT2D eigenvalue weighted by Crippen LogP contribution is 2.18. The number of amides is 1. The Kier molecular flexibility index (Phi) is 5.89. The minimum atomic E-state index is 0.133. The molecule has 1 aromatic heterocycles. The van der Waals surface area contributed by atoms with E-state index in [1.807, 2.05) is 29.2 Å². The van der Waals surface area contributed by atoms with E-state index in [9.17, 15) is 4.79 Å². The van der Waals surface area contributed by atoms with Gasteiger partial charge in [-0.05, 0) is 49.6 Å². The first-order valence-corrected chi connectivity index (χ1v) is 9.15. The molecule has 2 heterocycles. The van der Waals surface area contributed by atoms with Crippen LogP contribution in [0.2, 0.25) is 0 Å². The monoisotopic (exact) mass is 353 g/mol. The Labute approximate surface area is 155 Å². The molecule has 5 heteroatoms. The van der Waals surface area contributed by atoms with E-state index in [4.69, 9.17) is 4.74 Å². The van der Waals surface area contributed by atoms with Crippen LogP contribution in [-0.2, 0) is 6.54 Å². The first-order valence-electron chi connectivity index (χ1n) is 9.15. The second-order valence-electron chi connectivity index (χ2n) is 6.89. The number of carbonyl (C=O) groups excluding carboxylic acids is 1. The van der Waals surface area contributed by atoms with Gasteiger partial charge in [0.15, 0.2) is 0 Å².